The summed E-state index contributed by atoms with van der Waals surface area (Å²) in [5.41, 5.74) is 2.11. The molecule has 6 nitrogen and oxygen atoms in total. The highest BCUT2D eigenvalue weighted by molar-refractivity contribution is 7.94. The van der Waals surface area contributed by atoms with Crippen molar-refractivity contribution in [2.45, 2.75) is 30.0 Å². The molecule has 1 fully saturated rings. The third-order valence-corrected chi connectivity index (χ3v) is 8.84. The number of sulfonamides is 1. The maximum absolute atomic E-state index is 12.8. The van der Waals surface area contributed by atoms with Crippen LogP contribution in [0.5, 0.6) is 0 Å². The van der Waals surface area contributed by atoms with Crippen LogP contribution < -0.4 is 10.0 Å². The molecule has 0 aliphatic carbocycles. The van der Waals surface area contributed by atoms with Gasteiger partial charge in [-0.3, -0.25) is 14.4 Å². The fourth-order valence-corrected chi connectivity index (χ4v) is 6.13. The van der Waals surface area contributed by atoms with Crippen LogP contribution in [0.3, 0.4) is 0 Å². The van der Waals surface area contributed by atoms with Gasteiger partial charge in [-0.25, -0.2) is 8.42 Å². The summed E-state index contributed by atoms with van der Waals surface area (Å²) in [6, 6.07) is 20.2. The Balaban J connectivity index is 1.40. The van der Waals surface area contributed by atoms with Crippen molar-refractivity contribution in [2.75, 3.05) is 24.4 Å². The molecule has 0 bridgehead atoms. The van der Waals surface area contributed by atoms with Gasteiger partial charge in [-0.05, 0) is 73.1 Å². The summed E-state index contributed by atoms with van der Waals surface area (Å²) in [5, 5.41) is 4.80. The number of carbonyl (C=O) groups excluding carboxylic acids is 1. The van der Waals surface area contributed by atoms with Gasteiger partial charge in [0.2, 0.25) is 0 Å². The van der Waals surface area contributed by atoms with Crippen molar-refractivity contribution in [3.05, 3.63) is 83.2 Å². The van der Waals surface area contributed by atoms with Crippen LogP contribution in [0.15, 0.2) is 76.3 Å². The number of nitrogens with zero attached hydrogens (tertiary/aromatic N) is 1. The molecule has 1 saturated heterocycles. The average molecular weight is 484 g/mol. The second-order valence-corrected chi connectivity index (χ2v) is 11.3. The summed E-state index contributed by atoms with van der Waals surface area (Å²) in [5.74, 6) is 0.567. The van der Waals surface area contributed by atoms with Gasteiger partial charge in [0.25, 0.3) is 15.9 Å². The molecule has 0 saturated carbocycles. The molecular weight excluding hydrogens is 454 g/mol. The molecule has 1 unspecified atom stereocenters. The number of thiophene rings is 1. The highest BCUT2D eigenvalue weighted by Crippen LogP contribution is 2.26. The number of carbonyl (C=O) groups is 1. The summed E-state index contributed by atoms with van der Waals surface area (Å²) in [4.78, 5) is 15.3. The molecular formula is C25H29N3O3S2. The van der Waals surface area contributed by atoms with Gasteiger partial charge in [-0.15, -0.1) is 11.3 Å². The van der Waals surface area contributed by atoms with Crippen molar-refractivity contribution in [1.29, 1.82) is 0 Å². The van der Waals surface area contributed by atoms with Gasteiger partial charge < -0.3 is 5.32 Å². The predicted octanol–water partition coefficient (Wildman–Crippen LogP) is 4.75. The SMILES string of the molecule is CC1CCN(C(CNC(=O)c2ccc(NS(=O)(=O)c3cccs3)cc2)c2ccccc2)CC1. The maximum Gasteiger partial charge on any atom is 0.271 e. The van der Waals surface area contributed by atoms with Gasteiger partial charge in [0.15, 0.2) is 0 Å². The lowest BCUT2D eigenvalue weighted by Crippen LogP contribution is -2.42. The van der Waals surface area contributed by atoms with Crippen molar-refractivity contribution < 1.29 is 13.2 Å². The highest BCUT2D eigenvalue weighted by Gasteiger charge is 2.25. The van der Waals surface area contributed by atoms with E-state index < -0.39 is 10.0 Å². The Morgan fingerprint density at radius 1 is 1.03 bits per heavy atom. The quantitative estimate of drug-likeness (QED) is 0.485. The lowest BCUT2D eigenvalue weighted by atomic mass is 9.95. The summed E-state index contributed by atoms with van der Waals surface area (Å²) in [6.45, 7) is 4.86. The first-order chi connectivity index (χ1) is 15.9. The van der Waals surface area contributed by atoms with Crippen molar-refractivity contribution in [3.63, 3.8) is 0 Å². The van der Waals surface area contributed by atoms with Crippen LogP contribution in [0.2, 0.25) is 0 Å². The molecule has 1 amide bonds. The molecule has 0 spiro atoms. The Kier molecular flexibility index (Phi) is 7.47. The smallest absolute Gasteiger partial charge is 0.271 e. The zero-order valence-electron chi connectivity index (χ0n) is 18.6. The summed E-state index contributed by atoms with van der Waals surface area (Å²) in [7, 11) is -3.61. The third kappa shape index (κ3) is 6.01. The Morgan fingerprint density at radius 3 is 2.36 bits per heavy atom. The molecule has 4 rings (SSSR count). The summed E-state index contributed by atoms with van der Waals surface area (Å²) >= 11 is 1.16. The minimum atomic E-state index is -3.61. The molecule has 2 N–H and O–H groups in total. The monoisotopic (exact) mass is 483 g/mol. The van der Waals surface area contributed by atoms with E-state index in [1.54, 1.807) is 41.8 Å². The maximum atomic E-state index is 12.8. The van der Waals surface area contributed by atoms with Gasteiger partial charge in [-0.2, -0.15) is 0 Å². The van der Waals surface area contributed by atoms with Gasteiger partial charge in [0.1, 0.15) is 4.21 Å². The number of hydrogen-bond donors (Lipinski definition) is 2. The molecule has 1 aliphatic heterocycles. The van der Waals surface area contributed by atoms with Crippen molar-refractivity contribution in [3.8, 4) is 0 Å². The third-order valence-electron chi connectivity index (χ3n) is 6.06. The Morgan fingerprint density at radius 2 is 1.73 bits per heavy atom. The number of anilines is 1. The molecule has 33 heavy (non-hydrogen) atoms. The lowest BCUT2D eigenvalue weighted by Gasteiger charge is -2.37. The number of piperidine rings is 1. The van der Waals surface area contributed by atoms with Gasteiger partial charge in [0.05, 0.1) is 6.04 Å². The van der Waals surface area contributed by atoms with E-state index in [1.165, 1.54) is 18.4 Å². The van der Waals surface area contributed by atoms with Crippen LogP contribution in [0.1, 0.15) is 41.7 Å². The molecule has 1 aliphatic rings. The number of amides is 1. The van der Waals surface area contributed by atoms with Gasteiger partial charge in [-0.1, -0.05) is 43.3 Å². The standard InChI is InChI=1S/C25H29N3O3S2/c1-19-13-15-28(16-14-19)23(20-6-3-2-4-7-20)18-26-25(29)21-9-11-22(12-10-21)27-33(30,31)24-8-5-17-32-24/h2-12,17,19,23,27H,13-16,18H2,1H3,(H,26,29). The van der Waals surface area contributed by atoms with Gasteiger partial charge >= 0.3 is 0 Å². The first-order valence-corrected chi connectivity index (χ1v) is 13.5. The van der Waals surface area contributed by atoms with E-state index in [9.17, 15) is 13.2 Å². The second-order valence-electron chi connectivity index (χ2n) is 8.47. The predicted molar refractivity (Wildman–Crippen MR) is 133 cm³/mol. The van der Waals surface area contributed by atoms with E-state index in [4.69, 9.17) is 0 Å². The minimum Gasteiger partial charge on any atom is -0.350 e. The van der Waals surface area contributed by atoms with Crippen LogP contribution in [0.4, 0.5) is 5.69 Å². The summed E-state index contributed by atoms with van der Waals surface area (Å²) in [6.07, 6.45) is 2.33. The van der Waals surface area contributed by atoms with Crippen molar-refractivity contribution in [1.82, 2.24) is 10.2 Å². The number of nitrogens with one attached hydrogen (secondary N) is 2. The van der Waals surface area contributed by atoms with E-state index in [0.29, 0.717) is 17.8 Å². The molecule has 8 heteroatoms. The normalized spacial score (nSPS) is 16.3. The fraction of sp³-hybridized carbons (Fsp3) is 0.320. The van der Waals surface area contributed by atoms with E-state index in [1.807, 2.05) is 18.2 Å². The second kappa shape index (κ2) is 10.5. The van der Waals surface area contributed by atoms with Gasteiger partial charge in [0, 0.05) is 17.8 Å². The van der Waals surface area contributed by atoms with E-state index in [0.717, 1.165) is 30.3 Å². The first-order valence-electron chi connectivity index (χ1n) is 11.2. The molecule has 174 valence electrons. The average Bonchev–Trinajstić information content (AvgIpc) is 3.37. The molecule has 2 heterocycles. The Bertz CT molecular complexity index is 1140. The zero-order chi connectivity index (χ0) is 23.3. The fourth-order valence-electron chi connectivity index (χ4n) is 4.08. The van der Waals surface area contributed by atoms with E-state index in [2.05, 4.69) is 34.0 Å². The number of rotatable bonds is 8. The first kappa shape index (κ1) is 23.5. The Labute approximate surface area is 199 Å². The number of benzene rings is 2. The van der Waals surface area contributed by atoms with Crippen LogP contribution in [0.25, 0.3) is 0 Å². The molecule has 3 aromatic rings. The van der Waals surface area contributed by atoms with Crippen LogP contribution in [-0.4, -0.2) is 38.9 Å². The van der Waals surface area contributed by atoms with Crippen LogP contribution >= 0.6 is 11.3 Å². The van der Waals surface area contributed by atoms with E-state index in [-0.39, 0.29) is 16.2 Å². The molecule has 0 radical (unpaired) electrons. The Hall–Kier alpha value is -2.68. The van der Waals surface area contributed by atoms with Crippen molar-refractivity contribution >= 4 is 33.0 Å². The lowest BCUT2D eigenvalue weighted by molar-refractivity contribution is 0.0913. The summed E-state index contributed by atoms with van der Waals surface area (Å²) < 4.78 is 27.6. The van der Waals surface area contributed by atoms with Crippen LogP contribution in [-0.2, 0) is 10.0 Å². The molecule has 2 aromatic carbocycles. The van der Waals surface area contributed by atoms with Crippen molar-refractivity contribution in [2.24, 2.45) is 5.92 Å². The number of hydrogen-bond acceptors (Lipinski definition) is 5. The minimum absolute atomic E-state index is 0.125. The largest absolute Gasteiger partial charge is 0.350 e. The van der Waals surface area contributed by atoms with E-state index >= 15 is 0 Å². The number of likely N-dealkylation sites (tertiary alicyclic amines) is 1. The zero-order valence-corrected chi connectivity index (χ0v) is 20.2. The molecule has 1 aromatic heterocycles. The highest BCUT2D eigenvalue weighted by atomic mass is 32.2. The molecule has 1 atom stereocenters. The van der Waals surface area contributed by atoms with Crippen LogP contribution in [0, 0.1) is 5.92 Å². The topological polar surface area (TPSA) is 78.5 Å².